The molecule has 2 rings (SSSR count). The van der Waals surface area contributed by atoms with Gasteiger partial charge in [-0.05, 0) is 43.4 Å². The van der Waals surface area contributed by atoms with Crippen molar-refractivity contribution in [1.82, 2.24) is 9.97 Å². The molecule has 1 unspecified atom stereocenters. The number of aromatic nitrogens is 2. The van der Waals surface area contributed by atoms with Crippen molar-refractivity contribution in [1.29, 1.82) is 0 Å². The van der Waals surface area contributed by atoms with Crippen LogP contribution in [0.25, 0.3) is 11.0 Å². The number of benzene rings is 1. The topological polar surface area (TPSA) is 55.0 Å². The predicted molar refractivity (Wildman–Crippen MR) is 84.3 cm³/mol. The number of carbonyl (C=O) groups excluding carboxylic acids is 1. The molecule has 4 nitrogen and oxygen atoms in total. The normalized spacial score (nSPS) is 12.8. The molecule has 0 aliphatic heterocycles. The van der Waals surface area contributed by atoms with Crippen molar-refractivity contribution >= 4 is 17.0 Å². The van der Waals surface area contributed by atoms with Gasteiger partial charge in [-0.3, -0.25) is 4.79 Å². The first-order chi connectivity index (χ1) is 10.0. The highest BCUT2D eigenvalue weighted by Crippen LogP contribution is 2.26. The number of nitrogens with one attached hydrogen (secondary N) is 1. The van der Waals surface area contributed by atoms with Crippen LogP contribution < -0.4 is 0 Å². The monoisotopic (exact) mass is 288 g/mol. The van der Waals surface area contributed by atoms with Crippen LogP contribution in [0.4, 0.5) is 0 Å². The molecule has 0 saturated carbocycles. The van der Waals surface area contributed by atoms with Gasteiger partial charge in [0.1, 0.15) is 11.7 Å². The summed E-state index contributed by atoms with van der Waals surface area (Å²) < 4.78 is 5.20. The second-order valence-electron chi connectivity index (χ2n) is 5.76. The second kappa shape index (κ2) is 6.74. The number of aryl methyl sites for hydroxylation is 1. The summed E-state index contributed by atoms with van der Waals surface area (Å²) in [4.78, 5) is 20.1. The Hall–Kier alpha value is -1.84. The second-order valence-corrected chi connectivity index (χ2v) is 5.76. The Morgan fingerprint density at radius 2 is 2.10 bits per heavy atom. The van der Waals surface area contributed by atoms with Crippen LogP contribution in [0, 0.1) is 5.92 Å². The molecule has 2 aromatic rings. The van der Waals surface area contributed by atoms with Gasteiger partial charge in [-0.2, -0.15) is 0 Å². The number of nitrogens with zero attached hydrogens (tertiary/aromatic N) is 1. The number of hydrogen-bond donors (Lipinski definition) is 1. The molecule has 1 heterocycles. The lowest BCUT2D eigenvalue weighted by Gasteiger charge is -2.15. The van der Waals surface area contributed by atoms with Crippen LogP contribution in [0.2, 0.25) is 0 Å². The fourth-order valence-electron chi connectivity index (χ4n) is 2.50. The van der Waals surface area contributed by atoms with E-state index in [1.807, 2.05) is 13.0 Å². The van der Waals surface area contributed by atoms with E-state index in [1.54, 1.807) is 0 Å². The van der Waals surface area contributed by atoms with Crippen molar-refractivity contribution in [3.63, 3.8) is 0 Å². The first kappa shape index (κ1) is 15.5. The number of esters is 1. The lowest BCUT2D eigenvalue weighted by atomic mass is 9.96. The standard InChI is InChI=1S/C17H24N2O2/c1-5-12-7-8-14-15(10-12)19-16(18-14)13(9-11(3)4)17(20)21-6-2/h7-8,10-11,13H,5-6,9H2,1-4H3,(H,18,19). The molecule has 1 atom stereocenters. The fourth-order valence-corrected chi connectivity index (χ4v) is 2.50. The van der Waals surface area contributed by atoms with E-state index >= 15 is 0 Å². The van der Waals surface area contributed by atoms with Crippen molar-refractivity contribution in [3.05, 3.63) is 29.6 Å². The molecular formula is C17H24N2O2. The molecule has 0 amide bonds. The van der Waals surface area contributed by atoms with Gasteiger partial charge >= 0.3 is 5.97 Å². The van der Waals surface area contributed by atoms with E-state index in [-0.39, 0.29) is 11.9 Å². The van der Waals surface area contributed by atoms with E-state index < -0.39 is 0 Å². The van der Waals surface area contributed by atoms with Crippen molar-refractivity contribution < 1.29 is 9.53 Å². The molecule has 21 heavy (non-hydrogen) atoms. The minimum atomic E-state index is -0.317. The molecule has 0 radical (unpaired) electrons. The summed E-state index contributed by atoms with van der Waals surface area (Å²) in [6, 6.07) is 6.18. The lowest BCUT2D eigenvalue weighted by molar-refractivity contribution is -0.145. The van der Waals surface area contributed by atoms with Gasteiger partial charge in [0.25, 0.3) is 0 Å². The van der Waals surface area contributed by atoms with Gasteiger partial charge in [-0.1, -0.05) is 26.8 Å². The fraction of sp³-hybridized carbons (Fsp3) is 0.529. The zero-order valence-corrected chi connectivity index (χ0v) is 13.3. The van der Waals surface area contributed by atoms with E-state index in [2.05, 4.69) is 42.9 Å². The van der Waals surface area contributed by atoms with E-state index in [0.717, 1.165) is 23.9 Å². The van der Waals surface area contributed by atoms with Crippen LogP contribution in [0.3, 0.4) is 0 Å². The Balaban J connectivity index is 2.36. The molecule has 0 spiro atoms. The maximum absolute atomic E-state index is 12.2. The van der Waals surface area contributed by atoms with Crippen molar-refractivity contribution in [2.24, 2.45) is 5.92 Å². The minimum Gasteiger partial charge on any atom is -0.465 e. The number of hydrogen-bond acceptors (Lipinski definition) is 3. The molecular weight excluding hydrogens is 264 g/mol. The Bertz CT molecular complexity index is 616. The van der Waals surface area contributed by atoms with Gasteiger partial charge in [0, 0.05) is 0 Å². The van der Waals surface area contributed by atoms with Gasteiger partial charge in [-0.25, -0.2) is 4.98 Å². The third kappa shape index (κ3) is 3.63. The SMILES string of the molecule is CCOC(=O)C(CC(C)C)c1nc2ccc(CC)cc2[nH]1. The highest BCUT2D eigenvalue weighted by molar-refractivity contribution is 5.81. The summed E-state index contributed by atoms with van der Waals surface area (Å²) in [5.74, 6) is 0.604. The van der Waals surface area contributed by atoms with Gasteiger partial charge in [0.2, 0.25) is 0 Å². The van der Waals surface area contributed by atoms with Gasteiger partial charge in [0.15, 0.2) is 0 Å². The molecule has 114 valence electrons. The van der Waals surface area contributed by atoms with E-state index in [9.17, 15) is 4.79 Å². The maximum atomic E-state index is 12.2. The zero-order chi connectivity index (χ0) is 15.4. The molecule has 4 heteroatoms. The molecule has 0 aliphatic rings. The number of ether oxygens (including phenoxy) is 1. The maximum Gasteiger partial charge on any atom is 0.316 e. The minimum absolute atomic E-state index is 0.194. The molecule has 1 aromatic carbocycles. The van der Waals surface area contributed by atoms with E-state index in [4.69, 9.17) is 4.74 Å². The summed E-state index contributed by atoms with van der Waals surface area (Å²) >= 11 is 0. The number of imidazole rings is 1. The Labute approximate surface area is 125 Å². The van der Waals surface area contributed by atoms with Crippen molar-refractivity contribution in [3.8, 4) is 0 Å². The summed E-state index contributed by atoms with van der Waals surface area (Å²) in [6.07, 6.45) is 1.72. The summed E-state index contributed by atoms with van der Waals surface area (Å²) in [5, 5.41) is 0. The highest BCUT2D eigenvalue weighted by atomic mass is 16.5. The number of rotatable bonds is 6. The Morgan fingerprint density at radius 1 is 1.33 bits per heavy atom. The quantitative estimate of drug-likeness (QED) is 0.822. The summed E-state index contributed by atoms with van der Waals surface area (Å²) in [7, 11) is 0. The molecule has 1 aromatic heterocycles. The summed E-state index contributed by atoms with van der Waals surface area (Å²) in [5.41, 5.74) is 3.15. The number of aromatic amines is 1. The third-order valence-corrected chi connectivity index (χ3v) is 3.58. The van der Waals surface area contributed by atoms with Crippen LogP contribution in [0.1, 0.15) is 51.4 Å². The smallest absolute Gasteiger partial charge is 0.316 e. The molecule has 1 N–H and O–H groups in total. The van der Waals surface area contributed by atoms with Crippen LogP contribution >= 0.6 is 0 Å². The molecule has 0 saturated heterocycles. The first-order valence-electron chi connectivity index (χ1n) is 7.70. The van der Waals surface area contributed by atoms with Crippen molar-refractivity contribution in [2.45, 2.75) is 46.5 Å². The largest absolute Gasteiger partial charge is 0.465 e. The number of fused-ring (bicyclic) bond motifs is 1. The summed E-state index contributed by atoms with van der Waals surface area (Å²) in [6.45, 7) is 8.55. The van der Waals surface area contributed by atoms with E-state index in [1.165, 1.54) is 5.56 Å². The first-order valence-corrected chi connectivity index (χ1v) is 7.70. The van der Waals surface area contributed by atoms with Crippen molar-refractivity contribution in [2.75, 3.05) is 6.61 Å². The number of carbonyl (C=O) groups is 1. The van der Waals surface area contributed by atoms with Gasteiger partial charge in [-0.15, -0.1) is 0 Å². The van der Waals surface area contributed by atoms with Crippen LogP contribution in [-0.2, 0) is 16.0 Å². The van der Waals surface area contributed by atoms with Crippen LogP contribution in [0.5, 0.6) is 0 Å². The third-order valence-electron chi connectivity index (χ3n) is 3.58. The average Bonchev–Trinajstić information content (AvgIpc) is 2.87. The predicted octanol–water partition coefficient (Wildman–Crippen LogP) is 3.82. The molecule has 0 bridgehead atoms. The Morgan fingerprint density at radius 3 is 2.71 bits per heavy atom. The number of H-pyrrole nitrogens is 1. The lowest BCUT2D eigenvalue weighted by Crippen LogP contribution is -2.19. The zero-order valence-electron chi connectivity index (χ0n) is 13.3. The van der Waals surface area contributed by atoms with Crippen LogP contribution in [0.15, 0.2) is 18.2 Å². The molecule has 0 fully saturated rings. The highest BCUT2D eigenvalue weighted by Gasteiger charge is 2.26. The van der Waals surface area contributed by atoms with Crippen LogP contribution in [-0.4, -0.2) is 22.5 Å². The Kier molecular flexibility index (Phi) is 4.99. The van der Waals surface area contributed by atoms with Gasteiger partial charge in [0.05, 0.1) is 17.6 Å². The van der Waals surface area contributed by atoms with Gasteiger partial charge < -0.3 is 9.72 Å². The average molecular weight is 288 g/mol. The van der Waals surface area contributed by atoms with E-state index in [0.29, 0.717) is 18.3 Å². The molecule has 0 aliphatic carbocycles.